The molecule has 0 bridgehead atoms. The van der Waals surface area contributed by atoms with E-state index in [1.807, 2.05) is 13.0 Å². The molecule has 1 aliphatic carbocycles. The smallest absolute Gasteiger partial charge is 0.274 e. The third-order valence-corrected chi connectivity index (χ3v) is 5.39. The summed E-state index contributed by atoms with van der Waals surface area (Å²) in [6, 6.07) is 13.5. The largest absolute Gasteiger partial charge is 0.344 e. The summed E-state index contributed by atoms with van der Waals surface area (Å²) in [7, 11) is 1.57. The van der Waals surface area contributed by atoms with Gasteiger partial charge in [0.05, 0.1) is 11.4 Å². The van der Waals surface area contributed by atoms with E-state index in [2.05, 4.69) is 28.6 Å². The Balaban J connectivity index is 1.64. The normalized spacial score (nSPS) is 14.6. The van der Waals surface area contributed by atoms with Crippen LogP contribution < -0.4 is 10.9 Å². The van der Waals surface area contributed by atoms with Crippen molar-refractivity contribution >= 4 is 16.7 Å². The van der Waals surface area contributed by atoms with Crippen molar-refractivity contribution in [1.29, 1.82) is 0 Å². The van der Waals surface area contributed by atoms with Crippen LogP contribution in [0, 0.1) is 0 Å². The number of rotatable bonds is 3. The molecule has 2 aromatic carbocycles. The minimum absolute atomic E-state index is 0.137. The van der Waals surface area contributed by atoms with Gasteiger partial charge in [-0.05, 0) is 55.4 Å². The molecule has 0 spiro atoms. The van der Waals surface area contributed by atoms with Crippen molar-refractivity contribution in [2.75, 3.05) is 0 Å². The number of hydrogen-bond donors (Lipinski definition) is 1. The van der Waals surface area contributed by atoms with Gasteiger partial charge in [0.2, 0.25) is 0 Å². The minimum atomic E-state index is -0.271. The number of hydrogen-bond acceptors (Lipinski definition) is 3. The van der Waals surface area contributed by atoms with Crippen LogP contribution in [0.5, 0.6) is 0 Å². The second kappa shape index (κ2) is 6.99. The SMILES string of the molecule is CC(NC(=O)c1nn(C)c(=O)c2ccccc12)c1ccc2c(c1)CCCC2. The van der Waals surface area contributed by atoms with E-state index in [1.165, 1.54) is 28.7 Å². The first-order valence-electron chi connectivity index (χ1n) is 9.43. The lowest BCUT2D eigenvalue weighted by Crippen LogP contribution is -2.31. The van der Waals surface area contributed by atoms with Crippen molar-refractivity contribution in [3.63, 3.8) is 0 Å². The van der Waals surface area contributed by atoms with Crippen LogP contribution in [0.2, 0.25) is 0 Å². The van der Waals surface area contributed by atoms with Crippen molar-refractivity contribution in [2.45, 2.75) is 38.6 Å². The number of fused-ring (bicyclic) bond motifs is 2. The molecule has 0 saturated heterocycles. The molecule has 1 N–H and O–H groups in total. The molecular weight excluding hydrogens is 338 g/mol. The Labute approximate surface area is 158 Å². The number of carbonyl (C=O) groups is 1. The number of aryl methyl sites for hydroxylation is 3. The highest BCUT2D eigenvalue weighted by Crippen LogP contribution is 2.25. The molecule has 5 heteroatoms. The molecular formula is C22H23N3O2. The maximum absolute atomic E-state index is 12.9. The second-order valence-electron chi connectivity index (χ2n) is 7.25. The van der Waals surface area contributed by atoms with Gasteiger partial charge in [0, 0.05) is 12.4 Å². The second-order valence-corrected chi connectivity index (χ2v) is 7.25. The predicted molar refractivity (Wildman–Crippen MR) is 106 cm³/mol. The lowest BCUT2D eigenvalue weighted by atomic mass is 9.89. The summed E-state index contributed by atoms with van der Waals surface area (Å²) in [6.07, 6.45) is 4.73. The molecule has 1 amide bonds. The summed E-state index contributed by atoms with van der Waals surface area (Å²) >= 11 is 0. The van der Waals surface area contributed by atoms with Crippen LogP contribution in [0.25, 0.3) is 10.8 Å². The Morgan fingerprint density at radius 2 is 1.78 bits per heavy atom. The molecule has 1 unspecified atom stereocenters. The molecule has 5 nitrogen and oxygen atoms in total. The maximum atomic E-state index is 12.9. The summed E-state index contributed by atoms with van der Waals surface area (Å²) in [5.41, 5.74) is 3.99. The average molecular weight is 361 g/mol. The van der Waals surface area contributed by atoms with E-state index < -0.39 is 0 Å². The van der Waals surface area contributed by atoms with Crippen molar-refractivity contribution < 1.29 is 4.79 Å². The van der Waals surface area contributed by atoms with Crippen molar-refractivity contribution in [3.8, 4) is 0 Å². The van der Waals surface area contributed by atoms with E-state index in [4.69, 9.17) is 0 Å². The highest BCUT2D eigenvalue weighted by Gasteiger charge is 2.19. The van der Waals surface area contributed by atoms with Gasteiger partial charge < -0.3 is 5.32 Å². The monoisotopic (exact) mass is 361 g/mol. The van der Waals surface area contributed by atoms with Gasteiger partial charge in [-0.25, -0.2) is 4.68 Å². The Morgan fingerprint density at radius 1 is 1.07 bits per heavy atom. The number of amides is 1. The summed E-state index contributed by atoms with van der Waals surface area (Å²) in [4.78, 5) is 25.2. The molecule has 1 heterocycles. The summed E-state index contributed by atoms with van der Waals surface area (Å²) in [6.45, 7) is 1.98. The van der Waals surface area contributed by atoms with Crippen molar-refractivity contribution in [2.24, 2.45) is 7.05 Å². The van der Waals surface area contributed by atoms with Crippen LogP contribution in [0.4, 0.5) is 0 Å². The van der Waals surface area contributed by atoms with Gasteiger partial charge in [-0.15, -0.1) is 0 Å². The lowest BCUT2D eigenvalue weighted by molar-refractivity contribution is 0.0934. The van der Waals surface area contributed by atoms with Gasteiger partial charge in [0.25, 0.3) is 11.5 Å². The standard InChI is InChI=1S/C22H23N3O2/c1-14(16-12-11-15-7-3-4-8-17(15)13-16)23-21(26)20-18-9-5-6-10-19(18)22(27)25(2)24-20/h5-6,9-14H,3-4,7-8H2,1-2H3,(H,23,26). The number of nitrogens with one attached hydrogen (secondary N) is 1. The molecule has 1 atom stereocenters. The molecule has 4 rings (SSSR count). The lowest BCUT2D eigenvalue weighted by Gasteiger charge is -2.20. The van der Waals surface area contributed by atoms with Crippen LogP contribution in [0.3, 0.4) is 0 Å². The number of benzene rings is 2. The van der Waals surface area contributed by atoms with E-state index in [1.54, 1.807) is 25.2 Å². The van der Waals surface area contributed by atoms with Gasteiger partial charge in [-0.1, -0.05) is 36.4 Å². The first-order chi connectivity index (χ1) is 13.0. The minimum Gasteiger partial charge on any atom is -0.344 e. The fourth-order valence-corrected chi connectivity index (χ4v) is 3.84. The number of carbonyl (C=O) groups excluding carboxylic acids is 1. The van der Waals surface area contributed by atoms with E-state index in [-0.39, 0.29) is 23.2 Å². The van der Waals surface area contributed by atoms with Crippen LogP contribution >= 0.6 is 0 Å². The topological polar surface area (TPSA) is 64.0 Å². The Kier molecular flexibility index (Phi) is 4.52. The molecule has 1 aliphatic rings. The zero-order chi connectivity index (χ0) is 19.0. The Bertz CT molecular complexity index is 1080. The van der Waals surface area contributed by atoms with Crippen LogP contribution in [0.15, 0.2) is 47.3 Å². The number of aromatic nitrogens is 2. The first-order valence-corrected chi connectivity index (χ1v) is 9.43. The molecule has 3 aromatic rings. The molecule has 0 saturated carbocycles. The Hall–Kier alpha value is -2.95. The van der Waals surface area contributed by atoms with Crippen LogP contribution in [-0.4, -0.2) is 15.7 Å². The third kappa shape index (κ3) is 3.25. The highest BCUT2D eigenvalue weighted by atomic mass is 16.2. The summed E-state index contributed by atoms with van der Waals surface area (Å²) < 4.78 is 1.22. The zero-order valence-electron chi connectivity index (χ0n) is 15.7. The van der Waals surface area contributed by atoms with Crippen molar-refractivity contribution in [1.82, 2.24) is 15.1 Å². The van der Waals surface area contributed by atoms with E-state index in [9.17, 15) is 9.59 Å². The quantitative estimate of drug-likeness (QED) is 0.778. The van der Waals surface area contributed by atoms with Crippen LogP contribution in [-0.2, 0) is 19.9 Å². The average Bonchev–Trinajstić information content (AvgIpc) is 2.70. The summed E-state index contributed by atoms with van der Waals surface area (Å²) in [5.74, 6) is -0.271. The number of nitrogens with zero attached hydrogens (tertiary/aromatic N) is 2. The highest BCUT2D eigenvalue weighted by molar-refractivity contribution is 6.04. The molecule has 0 fully saturated rings. The Morgan fingerprint density at radius 3 is 2.56 bits per heavy atom. The zero-order valence-corrected chi connectivity index (χ0v) is 15.7. The molecule has 0 radical (unpaired) electrons. The van der Waals surface area contributed by atoms with Crippen molar-refractivity contribution in [3.05, 3.63) is 75.2 Å². The summed E-state index contributed by atoms with van der Waals surface area (Å²) in [5, 5.41) is 8.33. The third-order valence-electron chi connectivity index (χ3n) is 5.39. The van der Waals surface area contributed by atoms with E-state index in [0.717, 1.165) is 18.4 Å². The molecule has 1 aromatic heterocycles. The molecule has 27 heavy (non-hydrogen) atoms. The van der Waals surface area contributed by atoms with Gasteiger partial charge in [-0.3, -0.25) is 9.59 Å². The van der Waals surface area contributed by atoms with E-state index in [0.29, 0.717) is 10.8 Å². The van der Waals surface area contributed by atoms with E-state index >= 15 is 0 Å². The molecule has 138 valence electrons. The molecule has 0 aliphatic heterocycles. The van der Waals surface area contributed by atoms with Gasteiger partial charge >= 0.3 is 0 Å². The van der Waals surface area contributed by atoms with Gasteiger partial charge in [0.15, 0.2) is 5.69 Å². The first kappa shape index (κ1) is 17.5. The fraction of sp³-hybridized carbons (Fsp3) is 0.318. The van der Waals surface area contributed by atoms with Crippen LogP contribution in [0.1, 0.15) is 53.0 Å². The predicted octanol–water partition coefficient (Wildman–Crippen LogP) is 3.30. The van der Waals surface area contributed by atoms with Gasteiger partial charge in [-0.2, -0.15) is 5.10 Å². The van der Waals surface area contributed by atoms with Gasteiger partial charge in [0.1, 0.15) is 0 Å². The maximum Gasteiger partial charge on any atom is 0.274 e. The fourth-order valence-electron chi connectivity index (χ4n) is 3.84.